The highest BCUT2D eigenvalue weighted by Crippen LogP contribution is 2.10. The van der Waals surface area contributed by atoms with Gasteiger partial charge < -0.3 is 14.6 Å². The number of hydrogen-bond acceptors (Lipinski definition) is 3. The molecule has 0 bridgehead atoms. The number of aliphatic hydroxyl groups excluding tert-OH is 1. The molecule has 0 aromatic carbocycles. The van der Waals surface area contributed by atoms with Gasteiger partial charge in [0.25, 0.3) is 0 Å². The van der Waals surface area contributed by atoms with E-state index in [1.54, 1.807) is 0 Å². The smallest absolute Gasteiger partial charge is 0.0807 e. The highest BCUT2D eigenvalue weighted by Gasteiger charge is 2.15. The van der Waals surface area contributed by atoms with Crippen LogP contribution in [-0.4, -0.2) is 36.1 Å². The summed E-state index contributed by atoms with van der Waals surface area (Å²) >= 11 is 0. The minimum atomic E-state index is -0.353. The fraction of sp³-hybridized carbons (Fsp3) is 1.00. The van der Waals surface area contributed by atoms with Crippen molar-refractivity contribution in [2.45, 2.75) is 65.3 Å². The molecule has 3 nitrogen and oxygen atoms in total. The molecule has 0 spiro atoms. The van der Waals surface area contributed by atoms with Crippen molar-refractivity contribution in [3.8, 4) is 0 Å². The molecule has 0 amide bonds. The van der Waals surface area contributed by atoms with E-state index < -0.39 is 0 Å². The second kappa shape index (κ2) is 7.20. The van der Waals surface area contributed by atoms with Crippen molar-refractivity contribution < 1.29 is 14.6 Å². The lowest BCUT2D eigenvalue weighted by Gasteiger charge is -2.24. The minimum absolute atomic E-state index is 0.0884. The second-order valence-electron chi connectivity index (χ2n) is 4.85. The van der Waals surface area contributed by atoms with Crippen LogP contribution in [0.15, 0.2) is 0 Å². The van der Waals surface area contributed by atoms with Crippen LogP contribution >= 0.6 is 0 Å². The van der Waals surface area contributed by atoms with Crippen molar-refractivity contribution >= 4 is 0 Å². The Balaban J connectivity index is 3.73. The van der Waals surface area contributed by atoms with Crippen molar-refractivity contribution in [3.63, 3.8) is 0 Å². The Morgan fingerprint density at radius 2 is 1.67 bits per heavy atom. The Morgan fingerprint density at radius 1 is 1.07 bits per heavy atom. The highest BCUT2D eigenvalue weighted by molar-refractivity contribution is 4.63. The van der Waals surface area contributed by atoms with E-state index >= 15 is 0 Å². The Labute approximate surface area is 93.8 Å². The highest BCUT2D eigenvalue weighted by atomic mass is 16.5. The van der Waals surface area contributed by atoms with Crippen LogP contribution in [-0.2, 0) is 9.47 Å². The zero-order valence-electron chi connectivity index (χ0n) is 10.7. The summed E-state index contributed by atoms with van der Waals surface area (Å²) in [6.07, 6.45) is 1.38. The van der Waals surface area contributed by atoms with Crippen LogP contribution in [0.5, 0.6) is 0 Å². The van der Waals surface area contributed by atoms with E-state index in [9.17, 15) is 5.11 Å². The number of ether oxygens (including phenoxy) is 2. The zero-order valence-corrected chi connectivity index (χ0v) is 10.7. The molecular formula is C12H26O3. The van der Waals surface area contributed by atoms with Crippen LogP contribution in [0.1, 0.15) is 47.5 Å². The molecule has 1 N–H and O–H groups in total. The Morgan fingerprint density at radius 3 is 2.07 bits per heavy atom. The molecule has 0 aliphatic heterocycles. The first kappa shape index (κ1) is 14.9. The summed E-state index contributed by atoms with van der Waals surface area (Å²) in [6.45, 7) is 11.1. The van der Waals surface area contributed by atoms with Gasteiger partial charge in [0.1, 0.15) is 0 Å². The van der Waals surface area contributed by atoms with Crippen molar-refractivity contribution in [2.75, 3.05) is 13.2 Å². The molecule has 0 heterocycles. The van der Waals surface area contributed by atoms with Gasteiger partial charge in [-0.1, -0.05) is 13.8 Å². The third kappa shape index (κ3) is 8.85. The Bertz CT molecular complexity index is 151. The molecular weight excluding hydrogens is 192 g/mol. The van der Waals surface area contributed by atoms with Crippen LogP contribution < -0.4 is 0 Å². The topological polar surface area (TPSA) is 38.7 Å². The molecule has 0 rings (SSSR count). The van der Waals surface area contributed by atoms with Crippen LogP contribution in [0, 0.1) is 0 Å². The third-order valence-electron chi connectivity index (χ3n) is 2.15. The van der Waals surface area contributed by atoms with Gasteiger partial charge in [-0.05, 0) is 33.6 Å². The first-order valence-electron chi connectivity index (χ1n) is 5.82. The lowest BCUT2D eigenvalue weighted by atomic mass is 10.2. The fourth-order valence-electron chi connectivity index (χ4n) is 0.992. The van der Waals surface area contributed by atoms with Crippen LogP contribution in [0.2, 0.25) is 0 Å². The summed E-state index contributed by atoms with van der Waals surface area (Å²) < 4.78 is 11.2. The van der Waals surface area contributed by atoms with Crippen LogP contribution in [0.4, 0.5) is 0 Å². The van der Waals surface area contributed by atoms with Gasteiger partial charge in [-0.2, -0.15) is 0 Å². The average Bonchev–Trinajstić information content (AvgIpc) is 2.16. The summed E-state index contributed by atoms with van der Waals surface area (Å²) in [5.41, 5.74) is -0.125. The van der Waals surface area contributed by atoms with E-state index in [4.69, 9.17) is 9.47 Å². The average molecular weight is 218 g/mol. The number of hydrogen-bond donors (Lipinski definition) is 1. The van der Waals surface area contributed by atoms with Gasteiger partial charge in [-0.15, -0.1) is 0 Å². The van der Waals surface area contributed by atoms with Gasteiger partial charge in [0.05, 0.1) is 31.0 Å². The Kier molecular flexibility index (Phi) is 7.14. The van der Waals surface area contributed by atoms with Gasteiger partial charge in [0.2, 0.25) is 0 Å². The van der Waals surface area contributed by atoms with E-state index in [-0.39, 0.29) is 17.8 Å². The normalized spacial score (nSPS) is 16.4. The van der Waals surface area contributed by atoms with E-state index in [1.165, 1.54) is 0 Å². The first-order valence-corrected chi connectivity index (χ1v) is 5.82. The van der Waals surface area contributed by atoms with E-state index in [0.29, 0.717) is 13.2 Å². The summed E-state index contributed by atoms with van der Waals surface area (Å²) in [4.78, 5) is 0. The van der Waals surface area contributed by atoms with E-state index in [1.807, 2.05) is 27.7 Å². The first-order chi connectivity index (χ1) is 6.89. The van der Waals surface area contributed by atoms with Crippen molar-refractivity contribution in [3.05, 3.63) is 0 Å². The SMILES string of the molecule is CCC(O)COC(CC)COC(C)(C)C. The van der Waals surface area contributed by atoms with Gasteiger partial charge >= 0.3 is 0 Å². The van der Waals surface area contributed by atoms with Crippen molar-refractivity contribution in [1.82, 2.24) is 0 Å². The van der Waals surface area contributed by atoms with Gasteiger partial charge in [-0.3, -0.25) is 0 Å². The van der Waals surface area contributed by atoms with Crippen molar-refractivity contribution in [1.29, 1.82) is 0 Å². The maximum Gasteiger partial charge on any atom is 0.0807 e. The lowest BCUT2D eigenvalue weighted by molar-refractivity contribution is -0.0881. The third-order valence-corrected chi connectivity index (χ3v) is 2.15. The molecule has 0 saturated heterocycles. The van der Waals surface area contributed by atoms with E-state index in [2.05, 4.69) is 6.92 Å². The van der Waals surface area contributed by atoms with Crippen molar-refractivity contribution in [2.24, 2.45) is 0 Å². The van der Waals surface area contributed by atoms with Gasteiger partial charge in [-0.25, -0.2) is 0 Å². The molecule has 2 atom stereocenters. The quantitative estimate of drug-likeness (QED) is 0.713. The van der Waals surface area contributed by atoms with Crippen LogP contribution in [0.25, 0.3) is 0 Å². The molecule has 92 valence electrons. The molecule has 15 heavy (non-hydrogen) atoms. The number of rotatable bonds is 7. The molecule has 0 aliphatic carbocycles. The molecule has 2 unspecified atom stereocenters. The maximum absolute atomic E-state index is 9.36. The lowest BCUT2D eigenvalue weighted by Crippen LogP contribution is -2.29. The number of aliphatic hydroxyl groups is 1. The molecule has 3 heteroatoms. The summed E-state index contributed by atoms with van der Waals surface area (Å²) in [5, 5.41) is 9.36. The molecule has 0 saturated carbocycles. The zero-order chi connectivity index (χ0) is 11.9. The monoisotopic (exact) mass is 218 g/mol. The second-order valence-corrected chi connectivity index (χ2v) is 4.85. The molecule has 0 aromatic rings. The predicted molar refractivity (Wildman–Crippen MR) is 62.0 cm³/mol. The summed E-state index contributed by atoms with van der Waals surface area (Å²) in [6, 6.07) is 0. The van der Waals surface area contributed by atoms with Gasteiger partial charge in [0.15, 0.2) is 0 Å². The van der Waals surface area contributed by atoms with Crippen LogP contribution in [0.3, 0.4) is 0 Å². The predicted octanol–water partition coefficient (Wildman–Crippen LogP) is 2.37. The summed E-state index contributed by atoms with van der Waals surface area (Å²) in [7, 11) is 0. The van der Waals surface area contributed by atoms with E-state index in [0.717, 1.165) is 12.8 Å². The maximum atomic E-state index is 9.36. The molecule has 0 radical (unpaired) electrons. The largest absolute Gasteiger partial charge is 0.391 e. The Hall–Kier alpha value is -0.120. The minimum Gasteiger partial charge on any atom is -0.391 e. The standard InChI is InChI=1S/C12H26O3/c1-6-10(13)8-14-11(7-2)9-15-12(3,4)5/h10-11,13H,6-9H2,1-5H3. The molecule has 0 fully saturated rings. The fourth-order valence-corrected chi connectivity index (χ4v) is 0.992. The van der Waals surface area contributed by atoms with Gasteiger partial charge in [0, 0.05) is 0 Å². The molecule has 0 aliphatic rings. The molecule has 0 aromatic heterocycles. The summed E-state index contributed by atoms with van der Waals surface area (Å²) in [5.74, 6) is 0.